The molecule has 34 heavy (non-hydrogen) atoms. The molecule has 0 spiro atoms. The third-order valence-corrected chi connectivity index (χ3v) is 5.63. The van der Waals surface area contributed by atoms with E-state index in [1.54, 1.807) is 31.2 Å². The average Bonchev–Trinajstić information content (AvgIpc) is 3.08. The zero-order valence-electron chi connectivity index (χ0n) is 19.1. The topological polar surface area (TPSA) is 97.4 Å². The Bertz CT molecular complexity index is 1390. The number of rotatable bonds is 3. The highest BCUT2D eigenvalue weighted by atomic mass is 16.2. The first-order valence-corrected chi connectivity index (χ1v) is 10.7. The van der Waals surface area contributed by atoms with Gasteiger partial charge in [-0.3, -0.25) is 19.9 Å². The Morgan fingerprint density at radius 3 is 1.85 bits per heavy atom. The SMILES string of the molecule is CC(=Nc1ccc(C)cc1)N(C(=N)C(C#N)=C1C(=O)c2ccccc2C1=O)c1ccc(C)cc1. The first kappa shape index (κ1) is 22.6. The number of aliphatic imine (C=N–C) groups is 1. The van der Waals surface area contributed by atoms with Gasteiger partial charge in [-0.1, -0.05) is 59.7 Å². The van der Waals surface area contributed by atoms with Crippen LogP contribution in [0.25, 0.3) is 0 Å². The first-order chi connectivity index (χ1) is 16.3. The molecule has 0 heterocycles. The van der Waals surface area contributed by atoms with E-state index in [1.165, 1.54) is 4.90 Å². The second-order valence-corrected chi connectivity index (χ2v) is 8.08. The molecule has 1 aliphatic carbocycles. The van der Waals surface area contributed by atoms with Gasteiger partial charge in [0.25, 0.3) is 0 Å². The summed E-state index contributed by atoms with van der Waals surface area (Å²) in [6, 6.07) is 23.4. The summed E-state index contributed by atoms with van der Waals surface area (Å²) in [4.78, 5) is 32.2. The van der Waals surface area contributed by atoms with Crippen molar-refractivity contribution in [2.24, 2.45) is 4.99 Å². The summed E-state index contributed by atoms with van der Waals surface area (Å²) in [7, 11) is 0. The summed E-state index contributed by atoms with van der Waals surface area (Å²) < 4.78 is 0. The number of anilines is 1. The third kappa shape index (κ3) is 4.07. The number of nitrogens with one attached hydrogen (secondary N) is 1. The standard InChI is InChI=1S/C28H22N4O2/c1-17-8-12-20(13-9-17)31-19(3)32(21-14-10-18(2)11-15-21)28(30)24(16-29)25-26(33)22-6-4-5-7-23(22)27(25)34/h4-15,30H,1-3H3. The van der Waals surface area contributed by atoms with Crippen LogP contribution in [0.5, 0.6) is 0 Å². The van der Waals surface area contributed by atoms with Crippen molar-refractivity contribution in [3.8, 4) is 6.07 Å². The van der Waals surface area contributed by atoms with Gasteiger partial charge in [-0.05, 0) is 45.0 Å². The molecule has 1 N–H and O–H groups in total. The number of nitriles is 1. The van der Waals surface area contributed by atoms with E-state index in [-0.39, 0.29) is 28.1 Å². The molecule has 4 rings (SSSR count). The Morgan fingerprint density at radius 2 is 1.35 bits per heavy atom. The summed E-state index contributed by atoms with van der Waals surface area (Å²) in [5, 5.41) is 18.9. The van der Waals surface area contributed by atoms with Crippen molar-refractivity contribution in [3.63, 3.8) is 0 Å². The molecule has 1 aliphatic rings. The van der Waals surface area contributed by atoms with Gasteiger partial charge in [0.1, 0.15) is 23.3 Å². The molecule has 0 unspecified atom stereocenters. The fraction of sp³-hybridized carbons (Fsp3) is 0.107. The Morgan fingerprint density at radius 1 is 0.853 bits per heavy atom. The van der Waals surface area contributed by atoms with Crippen LogP contribution < -0.4 is 4.90 Å². The van der Waals surface area contributed by atoms with Crippen LogP contribution in [0.4, 0.5) is 11.4 Å². The zero-order chi connectivity index (χ0) is 24.4. The van der Waals surface area contributed by atoms with Crippen molar-refractivity contribution in [1.82, 2.24) is 0 Å². The molecule has 0 fully saturated rings. The van der Waals surface area contributed by atoms with Crippen molar-refractivity contribution in [3.05, 3.63) is 106 Å². The minimum absolute atomic E-state index is 0.245. The van der Waals surface area contributed by atoms with Gasteiger partial charge >= 0.3 is 0 Å². The number of carbonyl (C=O) groups excluding carboxylic acids is 2. The Hall–Kier alpha value is -4.63. The summed E-state index contributed by atoms with van der Waals surface area (Å²) in [5.41, 5.74) is 3.31. The number of amidine groups is 2. The van der Waals surface area contributed by atoms with E-state index in [9.17, 15) is 14.9 Å². The number of hydrogen-bond acceptors (Lipinski definition) is 5. The highest BCUT2D eigenvalue weighted by molar-refractivity contribution is 6.43. The predicted molar refractivity (Wildman–Crippen MR) is 133 cm³/mol. The number of nitrogens with zero attached hydrogens (tertiary/aromatic N) is 3. The largest absolute Gasteiger partial charge is 0.288 e. The van der Waals surface area contributed by atoms with E-state index in [0.717, 1.165) is 11.1 Å². The van der Waals surface area contributed by atoms with Crippen LogP contribution in [0.1, 0.15) is 38.8 Å². The number of fused-ring (bicyclic) bond motifs is 1. The van der Waals surface area contributed by atoms with Gasteiger partial charge in [0, 0.05) is 16.8 Å². The van der Waals surface area contributed by atoms with E-state index in [0.29, 0.717) is 17.2 Å². The molecule has 0 aliphatic heterocycles. The number of benzene rings is 3. The minimum atomic E-state index is -0.543. The van der Waals surface area contributed by atoms with E-state index >= 15 is 0 Å². The minimum Gasteiger partial charge on any atom is -0.288 e. The first-order valence-electron chi connectivity index (χ1n) is 10.7. The summed E-state index contributed by atoms with van der Waals surface area (Å²) in [6.45, 7) is 5.65. The molecule has 0 amide bonds. The fourth-order valence-electron chi connectivity index (χ4n) is 3.85. The van der Waals surface area contributed by atoms with Crippen LogP contribution in [-0.2, 0) is 0 Å². The van der Waals surface area contributed by atoms with Crippen molar-refractivity contribution < 1.29 is 9.59 Å². The maximum Gasteiger partial charge on any atom is 0.199 e. The molecule has 0 bridgehead atoms. The van der Waals surface area contributed by atoms with Crippen LogP contribution in [-0.4, -0.2) is 23.2 Å². The van der Waals surface area contributed by atoms with Gasteiger partial charge < -0.3 is 0 Å². The van der Waals surface area contributed by atoms with E-state index in [4.69, 9.17) is 5.41 Å². The van der Waals surface area contributed by atoms with E-state index in [1.807, 2.05) is 68.4 Å². The molecule has 6 heteroatoms. The van der Waals surface area contributed by atoms with Crippen LogP contribution in [0.15, 0.2) is 88.9 Å². The predicted octanol–water partition coefficient (Wildman–Crippen LogP) is 5.74. The Labute approximate surface area is 198 Å². The van der Waals surface area contributed by atoms with Crippen LogP contribution in [0.2, 0.25) is 0 Å². The maximum absolute atomic E-state index is 13.0. The molecule has 0 saturated heterocycles. The lowest BCUT2D eigenvalue weighted by atomic mass is 10.0. The normalized spacial score (nSPS) is 12.9. The lowest BCUT2D eigenvalue weighted by Crippen LogP contribution is -2.36. The fourth-order valence-corrected chi connectivity index (χ4v) is 3.85. The smallest absolute Gasteiger partial charge is 0.199 e. The van der Waals surface area contributed by atoms with Gasteiger partial charge in [0.05, 0.1) is 11.3 Å². The molecular formula is C28H22N4O2. The van der Waals surface area contributed by atoms with Gasteiger partial charge in [-0.15, -0.1) is 0 Å². The molecule has 3 aromatic carbocycles. The van der Waals surface area contributed by atoms with Crippen molar-refractivity contribution >= 4 is 34.6 Å². The highest BCUT2D eigenvalue weighted by Crippen LogP contribution is 2.30. The monoisotopic (exact) mass is 446 g/mol. The van der Waals surface area contributed by atoms with Crippen molar-refractivity contribution in [2.45, 2.75) is 20.8 Å². The van der Waals surface area contributed by atoms with E-state index < -0.39 is 11.6 Å². The third-order valence-electron chi connectivity index (χ3n) is 5.63. The maximum atomic E-state index is 13.0. The van der Waals surface area contributed by atoms with Gasteiger partial charge in [-0.25, -0.2) is 4.99 Å². The summed E-state index contributed by atoms with van der Waals surface area (Å²) in [5.74, 6) is -0.955. The number of ketones is 2. The molecule has 0 saturated carbocycles. The number of aryl methyl sites for hydroxylation is 2. The van der Waals surface area contributed by atoms with Gasteiger partial charge in [0.15, 0.2) is 11.6 Å². The number of hydrogen-bond donors (Lipinski definition) is 1. The highest BCUT2D eigenvalue weighted by Gasteiger charge is 2.37. The second kappa shape index (κ2) is 9.08. The van der Waals surface area contributed by atoms with Crippen LogP contribution in [0, 0.1) is 30.6 Å². The van der Waals surface area contributed by atoms with Crippen molar-refractivity contribution in [2.75, 3.05) is 4.90 Å². The molecular weight excluding hydrogens is 424 g/mol. The number of carbonyl (C=O) groups is 2. The molecule has 0 aromatic heterocycles. The van der Waals surface area contributed by atoms with E-state index in [2.05, 4.69) is 4.99 Å². The van der Waals surface area contributed by atoms with Gasteiger partial charge in [-0.2, -0.15) is 5.26 Å². The molecule has 0 atom stereocenters. The van der Waals surface area contributed by atoms with Gasteiger partial charge in [0.2, 0.25) is 0 Å². The number of Topliss-reactive ketones (excluding diaryl/α,β-unsaturated/α-hetero) is 2. The summed E-state index contributed by atoms with van der Waals surface area (Å²) in [6.07, 6.45) is 0. The molecule has 6 nitrogen and oxygen atoms in total. The molecule has 166 valence electrons. The second-order valence-electron chi connectivity index (χ2n) is 8.08. The molecule has 0 radical (unpaired) electrons. The summed E-state index contributed by atoms with van der Waals surface area (Å²) >= 11 is 0. The zero-order valence-corrected chi connectivity index (χ0v) is 19.1. The molecule has 3 aromatic rings. The van der Waals surface area contributed by atoms with Crippen LogP contribution in [0.3, 0.4) is 0 Å². The quantitative estimate of drug-likeness (QED) is 0.182. The van der Waals surface area contributed by atoms with Crippen molar-refractivity contribution in [1.29, 1.82) is 10.7 Å². The lowest BCUT2D eigenvalue weighted by Gasteiger charge is -2.25. The lowest BCUT2D eigenvalue weighted by molar-refractivity contribution is 0.0988. The Kier molecular flexibility index (Phi) is 6.03. The number of allylic oxidation sites excluding steroid dienone is 1. The Balaban J connectivity index is 1.85. The van der Waals surface area contributed by atoms with Crippen LogP contribution >= 0.6 is 0 Å². The average molecular weight is 447 g/mol.